The molecule has 0 spiro atoms. The molecule has 1 atom stereocenters. The maximum Gasteiger partial charge on any atom is 0.330 e. The van der Waals surface area contributed by atoms with Crippen LogP contribution in [-0.4, -0.2) is 29.1 Å². The van der Waals surface area contributed by atoms with Crippen molar-refractivity contribution in [2.75, 3.05) is 5.32 Å². The summed E-state index contributed by atoms with van der Waals surface area (Å²) in [6, 6.07) is 5.16. The Bertz CT molecular complexity index is 445. The molecule has 1 aromatic carbocycles. The van der Waals surface area contributed by atoms with E-state index in [2.05, 4.69) is 5.32 Å². The summed E-state index contributed by atoms with van der Waals surface area (Å²) in [6.07, 6.45) is -0.0591. The first-order valence-corrected chi connectivity index (χ1v) is 5.46. The molecular weight excluding hydrogens is 236 g/mol. The number of amides is 1. The molecule has 6 heteroatoms. The minimum atomic E-state index is -1.60. The summed E-state index contributed by atoms with van der Waals surface area (Å²) in [4.78, 5) is 22.1. The Morgan fingerprint density at radius 1 is 1.33 bits per heavy atom. The van der Waals surface area contributed by atoms with Gasteiger partial charge in [0, 0.05) is 0 Å². The number of nitrogens with one attached hydrogen (secondary N) is 1. The van der Waals surface area contributed by atoms with Gasteiger partial charge in [0.05, 0.1) is 11.8 Å². The molecule has 0 radical (unpaired) electrons. The van der Waals surface area contributed by atoms with Crippen LogP contribution in [0.3, 0.4) is 0 Å². The van der Waals surface area contributed by atoms with E-state index in [4.69, 9.17) is 15.6 Å². The molecule has 0 aromatic heterocycles. The van der Waals surface area contributed by atoms with Crippen molar-refractivity contribution in [3.8, 4) is 5.75 Å². The molecule has 0 heterocycles. The number of nitrogens with two attached hydrogens (primary N) is 1. The highest BCUT2D eigenvalue weighted by molar-refractivity contribution is 6.08. The maximum atomic E-state index is 11.5. The van der Waals surface area contributed by atoms with Crippen LogP contribution in [0.5, 0.6) is 5.75 Å². The first-order valence-electron chi connectivity index (χ1n) is 5.46. The molecule has 0 fully saturated rings. The summed E-state index contributed by atoms with van der Waals surface area (Å²) in [5.74, 6) is -1.70. The number of aliphatic carboxylic acids is 1. The van der Waals surface area contributed by atoms with Gasteiger partial charge in [-0.1, -0.05) is 12.1 Å². The second-order valence-corrected chi connectivity index (χ2v) is 3.97. The van der Waals surface area contributed by atoms with Crippen molar-refractivity contribution in [2.45, 2.75) is 26.0 Å². The molecular formula is C12H16N2O4. The van der Waals surface area contributed by atoms with E-state index >= 15 is 0 Å². The molecule has 1 amide bonds. The Morgan fingerprint density at radius 3 is 2.50 bits per heavy atom. The van der Waals surface area contributed by atoms with Crippen LogP contribution in [0.15, 0.2) is 24.3 Å². The predicted octanol–water partition coefficient (Wildman–Crippen LogP) is 0.824. The van der Waals surface area contributed by atoms with Gasteiger partial charge in [0.15, 0.2) is 6.04 Å². The molecule has 0 saturated heterocycles. The lowest BCUT2D eigenvalue weighted by Crippen LogP contribution is -2.42. The van der Waals surface area contributed by atoms with Crippen molar-refractivity contribution >= 4 is 17.6 Å². The monoisotopic (exact) mass is 252 g/mol. The van der Waals surface area contributed by atoms with E-state index in [9.17, 15) is 9.59 Å². The van der Waals surface area contributed by atoms with Gasteiger partial charge in [-0.2, -0.15) is 0 Å². The van der Waals surface area contributed by atoms with Gasteiger partial charge in [-0.25, -0.2) is 4.79 Å². The minimum absolute atomic E-state index is 0.0591. The van der Waals surface area contributed by atoms with Gasteiger partial charge >= 0.3 is 5.97 Å². The SMILES string of the molecule is CC(C)Oc1ccccc1NC(=O)C(N)C(=O)O. The summed E-state index contributed by atoms with van der Waals surface area (Å²) >= 11 is 0. The van der Waals surface area contributed by atoms with Crippen molar-refractivity contribution in [3.05, 3.63) is 24.3 Å². The highest BCUT2D eigenvalue weighted by Gasteiger charge is 2.22. The number of carbonyl (C=O) groups excluding carboxylic acids is 1. The van der Waals surface area contributed by atoms with E-state index < -0.39 is 17.9 Å². The average Bonchev–Trinajstić information content (AvgIpc) is 2.29. The zero-order valence-electron chi connectivity index (χ0n) is 10.2. The topological polar surface area (TPSA) is 102 Å². The summed E-state index contributed by atoms with van der Waals surface area (Å²) in [7, 11) is 0. The Labute approximate surface area is 105 Å². The van der Waals surface area contributed by atoms with Crippen LogP contribution < -0.4 is 15.8 Å². The molecule has 0 aliphatic rings. The third-order valence-electron chi connectivity index (χ3n) is 2.06. The van der Waals surface area contributed by atoms with Gasteiger partial charge in [-0.3, -0.25) is 4.79 Å². The first kappa shape index (κ1) is 14.0. The quantitative estimate of drug-likeness (QED) is 0.673. The number of rotatable bonds is 5. The molecule has 0 aliphatic heterocycles. The van der Waals surface area contributed by atoms with E-state index in [-0.39, 0.29) is 6.10 Å². The standard InChI is InChI=1S/C12H16N2O4/c1-7(2)18-9-6-4-3-5-8(9)14-11(15)10(13)12(16)17/h3-7,10H,13H2,1-2H3,(H,14,15)(H,16,17). The normalized spacial score (nSPS) is 12.0. The van der Waals surface area contributed by atoms with Crippen molar-refractivity contribution in [1.29, 1.82) is 0 Å². The van der Waals surface area contributed by atoms with Crippen LogP contribution in [0.2, 0.25) is 0 Å². The fourth-order valence-corrected chi connectivity index (χ4v) is 1.25. The van der Waals surface area contributed by atoms with E-state index in [0.717, 1.165) is 0 Å². The van der Waals surface area contributed by atoms with Crippen LogP contribution in [0.1, 0.15) is 13.8 Å². The number of carboxylic acid groups (broad SMARTS) is 1. The fraction of sp³-hybridized carbons (Fsp3) is 0.333. The fourth-order valence-electron chi connectivity index (χ4n) is 1.25. The molecule has 1 aromatic rings. The third-order valence-corrected chi connectivity index (χ3v) is 2.06. The average molecular weight is 252 g/mol. The molecule has 0 aliphatic carbocycles. The van der Waals surface area contributed by atoms with Gasteiger partial charge in [0.1, 0.15) is 5.75 Å². The van der Waals surface area contributed by atoms with Crippen LogP contribution >= 0.6 is 0 Å². The number of benzene rings is 1. The van der Waals surface area contributed by atoms with E-state index in [1.807, 2.05) is 13.8 Å². The summed E-state index contributed by atoms with van der Waals surface area (Å²) in [5.41, 5.74) is 5.60. The Balaban J connectivity index is 2.84. The summed E-state index contributed by atoms with van der Waals surface area (Å²) in [6.45, 7) is 3.70. The Morgan fingerprint density at radius 2 is 1.94 bits per heavy atom. The van der Waals surface area contributed by atoms with Crippen LogP contribution in [0.25, 0.3) is 0 Å². The van der Waals surface area contributed by atoms with Crippen molar-refractivity contribution < 1.29 is 19.4 Å². The van der Waals surface area contributed by atoms with Crippen LogP contribution in [-0.2, 0) is 9.59 Å². The number of hydrogen-bond donors (Lipinski definition) is 3. The van der Waals surface area contributed by atoms with E-state index in [0.29, 0.717) is 11.4 Å². The van der Waals surface area contributed by atoms with Gasteiger partial charge in [0.25, 0.3) is 5.91 Å². The lowest BCUT2D eigenvalue weighted by molar-refractivity contribution is -0.141. The molecule has 6 nitrogen and oxygen atoms in total. The number of anilines is 1. The molecule has 18 heavy (non-hydrogen) atoms. The lowest BCUT2D eigenvalue weighted by Gasteiger charge is -2.15. The predicted molar refractivity (Wildman–Crippen MR) is 66.4 cm³/mol. The van der Waals surface area contributed by atoms with E-state index in [1.165, 1.54) is 0 Å². The molecule has 1 rings (SSSR count). The minimum Gasteiger partial charge on any atom is -0.489 e. The van der Waals surface area contributed by atoms with Gasteiger partial charge in [-0.15, -0.1) is 0 Å². The second-order valence-electron chi connectivity index (χ2n) is 3.97. The smallest absolute Gasteiger partial charge is 0.330 e. The van der Waals surface area contributed by atoms with Crippen LogP contribution in [0, 0.1) is 0 Å². The Hall–Kier alpha value is -2.08. The van der Waals surface area contributed by atoms with Crippen LogP contribution in [0.4, 0.5) is 5.69 Å². The molecule has 1 unspecified atom stereocenters. The molecule has 4 N–H and O–H groups in total. The largest absolute Gasteiger partial charge is 0.489 e. The highest BCUT2D eigenvalue weighted by Crippen LogP contribution is 2.24. The molecule has 0 saturated carbocycles. The maximum absolute atomic E-state index is 11.5. The Kier molecular flexibility index (Phi) is 4.67. The summed E-state index contributed by atoms with van der Waals surface area (Å²) < 4.78 is 5.48. The van der Waals surface area contributed by atoms with Gasteiger partial charge < -0.3 is 20.9 Å². The number of para-hydroxylation sites is 2. The van der Waals surface area contributed by atoms with Crippen molar-refractivity contribution in [1.82, 2.24) is 0 Å². The summed E-state index contributed by atoms with van der Waals surface area (Å²) in [5, 5.41) is 11.1. The van der Waals surface area contributed by atoms with Gasteiger partial charge in [-0.05, 0) is 26.0 Å². The zero-order chi connectivity index (χ0) is 13.7. The van der Waals surface area contributed by atoms with Crippen molar-refractivity contribution in [3.63, 3.8) is 0 Å². The molecule has 0 bridgehead atoms. The second kappa shape index (κ2) is 6.02. The van der Waals surface area contributed by atoms with E-state index in [1.54, 1.807) is 24.3 Å². The molecule has 98 valence electrons. The highest BCUT2D eigenvalue weighted by atomic mass is 16.5. The third kappa shape index (κ3) is 3.74. The zero-order valence-corrected chi connectivity index (χ0v) is 10.2. The number of carbonyl (C=O) groups is 2. The lowest BCUT2D eigenvalue weighted by atomic mass is 10.2. The first-order chi connectivity index (χ1) is 8.41. The number of hydrogen-bond acceptors (Lipinski definition) is 4. The number of carboxylic acids is 1. The number of ether oxygens (including phenoxy) is 1. The van der Waals surface area contributed by atoms with Crippen molar-refractivity contribution in [2.24, 2.45) is 5.73 Å². The van der Waals surface area contributed by atoms with Gasteiger partial charge in [0.2, 0.25) is 0 Å².